The SMILES string of the molecule is COc1ccc([C@@H](O)CN)c([N+](=O)[O-])c1. The van der Waals surface area contributed by atoms with Crippen LogP contribution < -0.4 is 10.5 Å². The van der Waals surface area contributed by atoms with Crippen molar-refractivity contribution in [2.45, 2.75) is 6.10 Å². The predicted octanol–water partition coefficient (Wildman–Crippen LogP) is 0.596. The predicted molar refractivity (Wildman–Crippen MR) is 53.7 cm³/mol. The highest BCUT2D eigenvalue weighted by atomic mass is 16.6. The number of nitro benzene ring substituents is 1. The molecule has 6 heteroatoms. The quantitative estimate of drug-likeness (QED) is 0.562. The van der Waals surface area contributed by atoms with E-state index in [0.29, 0.717) is 5.75 Å². The van der Waals surface area contributed by atoms with Gasteiger partial charge in [0.2, 0.25) is 0 Å². The van der Waals surface area contributed by atoms with Crippen molar-refractivity contribution in [3.8, 4) is 5.75 Å². The first kappa shape index (κ1) is 11.4. The number of rotatable bonds is 4. The molecule has 0 fully saturated rings. The number of hydrogen-bond acceptors (Lipinski definition) is 5. The summed E-state index contributed by atoms with van der Waals surface area (Å²) in [7, 11) is 1.41. The molecule has 0 spiro atoms. The maximum absolute atomic E-state index is 10.7. The summed E-state index contributed by atoms with van der Waals surface area (Å²) >= 11 is 0. The Kier molecular flexibility index (Phi) is 3.59. The second-order valence-electron chi connectivity index (χ2n) is 2.93. The molecular formula is C9H12N2O4. The normalized spacial score (nSPS) is 12.2. The zero-order valence-electron chi connectivity index (χ0n) is 8.21. The van der Waals surface area contributed by atoms with Gasteiger partial charge in [0.05, 0.1) is 29.8 Å². The Labute approximate surface area is 86.4 Å². The molecule has 0 heterocycles. The van der Waals surface area contributed by atoms with Gasteiger partial charge in [-0.15, -0.1) is 0 Å². The minimum absolute atomic E-state index is 0.0623. The molecule has 82 valence electrons. The summed E-state index contributed by atoms with van der Waals surface area (Å²) in [4.78, 5) is 10.1. The van der Waals surface area contributed by atoms with Crippen molar-refractivity contribution in [3.63, 3.8) is 0 Å². The monoisotopic (exact) mass is 212 g/mol. The van der Waals surface area contributed by atoms with E-state index in [0.717, 1.165) is 0 Å². The molecule has 1 aromatic rings. The fourth-order valence-corrected chi connectivity index (χ4v) is 1.22. The Hall–Kier alpha value is -1.66. The van der Waals surface area contributed by atoms with Crippen molar-refractivity contribution < 1.29 is 14.8 Å². The number of hydrogen-bond donors (Lipinski definition) is 2. The lowest BCUT2D eigenvalue weighted by Crippen LogP contribution is -2.13. The second kappa shape index (κ2) is 4.72. The summed E-state index contributed by atoms with van der Waals surface area (Å²) in [5.41, 5.74) is 5.25. The fourth-order valence-electron chi connectivity index (χ4n) is 1.22. The first-order valence-corrected chi connectivity index (χ1v) is 4.30. The zero-order chi connectivity index (χ0) is 11.4. The minimum Gasteiger partial charge on any atom is -0.497 e. The van der Waals surface area contributed by atoms with Gasteiger partial charge in [-0.05, 0) is 12.1 Å². The second-order valence-corrected chi connectivity index (χ2v) is 2.93. The van der Waals surface area contributed by atoms with Crippen LogP contribution in [-0.2, 0) is 0 Å². The maximum Gasteiger partial charge on any atom is 0.278 e. The van der Waals surface area contributed by atoms with Crippen LogP contribution in [0.3, 0.4) is 0 Å². The molecule has 0 radical (unpaired) electrons. The molecule has 3 N–H and O–H groups in total. The molecule has 0 aliphatic rings. The van der Waals surface area contributed by atoms with Gasteiger partial charge in [-0.25, -0.2) is 0 Å². The van der Waals surface area contributed by atoms with E-state index in [-0.39, 0.29) is 17.8 Å². The van der Waals surface area contributed by atoms with Crippen LogP contribution in [0.2, 0.25) is 0 Å². The van der Waals surface area contributed by atoms with Crippen molar-refractivity contribution in [2.24, 2.45) is 5.73 Å². The highest BCUT2D eigenvalue weighted by Gasteiger charge is 2.20. The first-order valence-electron chi connectivity index (χ1n) is 4.30. The smallest absolute Gasteiger partial charge is 0.278 e. The van der Waals surface area contributed by atoms with Gasteiger partial charge >= 0.3 is 0 Å². The number of ether oxygens (including phenoxy) is 1. The van der Waals surface area contributed by atoms with Gasteiger partial charge in [-0.1, -0.05) is 0 Å². The van der Waals surface area contributed by atoms with Gasteiger partial charge in [0.25, 0.3) is 5.69 Å². The van der Waals surface area contributed by atoms with Crippen molar-refractivity contribution in [1.82, 2.24) is 0 Å². The number of nitro groups is 1. The van der Waals surface area contributed by atoms with Crippen LogP contribution in [0.25, 0.3) is 0 Å². The summed E-state index contributed by atoms with van der Waals surface area (Å²) < 4.78 is 4.86. The number of aliphatic hydroxyl groups is 1. The topological polar surface area (TPSA) is 98.6 Å². The molecule has 6 nitrogen and oxygen atoms in total. The van der Waals surface area contributed by atoms with E-state index in [1.165, 1.54) is 19.2 Å². The minimum atomic E-state index is -1.03. The molecule has 0 aliphatic carbocycles. The third-order valence-corrected chi connectivity index (χ3v) is 2.02. The highest BCUT2D eigenvalue weighted by molar-refractivity contribution is 5.47. The third-order valence-electron chi connectivity index (χ3n) is 2.02. The number of methoxy groups -OCH3 is 1. The molecule has 0 saturated carbocycles. The van der Waals surface area contributed by atoms with Gasteiger partial charge in [0.1, 0.15) is 5.75 Å². The van der Waals surface area contributed by atoms with E-state index >= 15 is 0 Å². The molecule has 1 rings (SSSR count). The van der Waals surface area contributed by atoms with E-state index in [1.54, 1.807) is 6.07 Å². The third kappa shape index (κ3) is 2.42. The van der Waals surface area contributed by atoms with Crippen LogP contribution in [0.4, 0.5) is 5.69 Å². The average molecular weight is 212 g/mol. The molecule has 0 unspecified atom stereocenters. The van der Waals surface area contributed by atoms with Gasteiger partial charge < -0.3 is 15.6 Å². The number of nitrogens with zero attached hydrogens (tertiary/aromatic N) is 1. The van der Waals surface area contributed by atoms with E-state index in [2.05, 4.69) is 0 Å². The van der Waals surface area contributed by atoms with Gasteiger partial charge in [-0.3, -0.25) is 10.1 Å². The molecule has 0 aromatic heterocycles. The van der Waals surface area contributed by atoms with Crippen molar-refractivity contribution in [3.05, 3.63) is 33.9 Å². The Morgan fingerprint density at radius 3 is 2.80 bits per heavy atom. The van der Waals surface area contributed by atoms with E-state index in [9.17, 15) is 15.2 Å². The average Bonchev–Trinajstić information content (AvgIpc) is 2.27. The summed E-state index contributed by atoms with van der Waals surface area (Å²) in [6, 6.07) is 4.24. The Morgan fingerprint density at radius 1 is 1.67 bits per heavy atom. The van der Waals surface area contributed by atoms with E-state index in [1.807, 2.05) is 0 Å². The largest absolute Gasteiger partial charge is 0.497 e. The number of aliphatic hydroxyl groups excluding tert-OH is 1. The van der Waals surface area contributed by atoms with Crippen molar-refractivity contribution in [2.75, 3.05) is 13.7 Å². The summed E-state index contributed by atoms with van der Waals surface area (Å²) in [5.74, 6) is 0.370. The summed E-state index contributed by atoms with van der Waals surface area (Å²) in [6.45, 7) is -0.0623. The molecule has 1 atom stereocenters. The molecule has 0 aliphatic heterocycles. The lowest BCUT2D eigenvalue weighted by Gasteiger charge is -2.09. The van der Waals surface area contributed by atoms with Crippen LogP contribution in [0.5, 0.6) is 5.75 Å². The van der Waals surface area contributed by atoms with Crippen molar-refractivity contribution >= 4 is 5.69 Å². The molecule has 15 heavy (non-hydrogen) atoms. The van der Waals surface area contributed by atoms with Gasteiger partial charge in [0.15, 0.2) is 0 Å². The van der Waals surface area contributed by atoms with Crippen LogP contribution in [0.1, 0.15) is 11.7 Å². The molecule has 0 amide bonds. The lowest BCUT2D eigenvalue weighted by molar-refractivity contribution is -0.386. The Bertz CT molecular complexity index is 367. The number of benzene rings is 1. The molecule has 0 saturated heterocycles. The van der Waals surface area contributed by atoms with Gasteiger partial charge in [-0.2, -0.15) is 0 Å². The van der Waals surface area contributed by atoms with Crippen LogP contribution in [-0.4, -0.2) is 23.7 Å². The van der Waals surface area contributed by atoms with Crippen LogP contribution in [0, 0.1) is 10.1 Å². The van der Waals surface area contributed by atoms with E-state index < -0.39 is 11.0 Å². The standard InChI is InChI=1S/C9H12N2O4/c1-15-6-2-3-7(9(12)5-10)8(4-6)11(13)14/h2-4,9,12H,5,10H2,1H3/t9-/m0/s1. The van der Waals surface area contributed by atoms with Crippen LogP contribution in [0.15, 0.2) is 18.2 Å². The summed E-state index contributed by atoms with van der Waals surface area (Å²) in [5, 5.41) is 20.2. The molecular weight excluding hydrogens is 200 g/mol. The Morgan fingerprint density at radius 2 is 2.33 bits per heavy atom. The number of nitrogens with two attached hydrogens (primary N) is 1. The maximum atomic E-state index is 10.7. The van der Waals surface area contributed by atoms with Crippen LogP contribution >= 0.6 is 0 Å². The first-order chi connectivity index (χ1) is 7.10. The van der Waals surface area contributed by atoms with Crippen molar-refractivity contribution in [1.29, 1.82) is 0 Å². The zero-order valence-corrected chi connectivity index (χ0v) is 8.21. The highest BCUT2D eigenvalue weighted by Crippen LogP contribution is 2.28. The van der Waals surface area contributed by atoms with Gasteiger partial charge in [0, 0.05) is 6.54 Å². The Balaban J connectivity index is 3.21. The molecule has 1 aromatic carbocycles. The molecule has 0 bridgehead atoms. The fraction of sp³-hybridized carbons (Fsp3) is 0.333. The lowest BCUT2D eigenvalue weighted by atomic mass is 10.1. The summed E-state index contributed by atoms with van der Waals surface area (Å²) in [6.07, 6.45) is -1.03. The van der Waals surface area contributed by atoms with E-state index in [4.69, 9.17) is 10.5 Å².